The zero-order valence-electron chi connectivity index (χ0n) is 15.7. The number of aryl methyl sites for hydroxylation is 1. The van der Waals surface area contributed by atoms with E-state index in [0.29, 0.717) is 10.8 Å². The molecule has 1 aromatic heterocycles. The first-order chi connectivity index (χ1) is 13.2. The summed E-state index contributed by atoms with van der Waals surface area (Å²) in [5, 5.41) is 4.72. The highest BCUT2D eigenvalue weighted by molar-refractivity contribution is 7.80. The molecule has 0 aliphatic carbocycles. The summed E-state index contributed by atoms with van der Waals surface area (Å²) >= 11 is 8.89. The molecule has 0 aliphatic rings. The summed E-state index contributed by atoms with van der Waals surface area (Å²) in [6.45, 7) is 3.39. The molecular weight excluding hydrogens is 406 g/mol. The second-order valence-corrected chi connectivity index (χ2v) is 5.11. The number of esters is 2. The second kappa shape index (κ2) is 17.2. The van der Waals surface area contributed by atoms with E-state index in [-0.39, 0.29) is 5.56 Å². The molecule has 0 aromatic carbocycles. The number of nitrogens with one attached hydrogen (secondary N) is 1. The van der Waals surface area contributed by atoms with Crippen molar-refractivity contribution in [1.29, 1.82) is 0 Å². The normalized spacial score (nSPS) is 9.14. The number of hydrogen-bond acceptors (Lipinski definition) is 10. The van der Waals surface area contributed by atoms with Crippen molar-refractivity contribution in [2.75, 3.05) is 20.1 Å². The van der Waals surface area contributed by atoms with Crippen LogP contribution in [0.4, 0.5) is 0 Å². The Kier molecular flexibility index (Phi) is 16.6. The number of isothiocyanates is 1. The Morgan fingerprint density at radius 3 is 2.32 bits per heavy atom. The lowest BCUT2D eigenvalue weighted by Crippen LogP contribution is -2.28. The molecule has 0 radical (unpaired) electrons. The van der Waals surface area contributed by atoms with Crippen molar-refractivity contribution in [3.05, 3.63) is 53.0 Å². The SMILES string of the molecule is COC(=O)/C=C\N=C=S.COC(=O)/C=C\NC(C)=S.Cc1nccc(=O)n1N. The topological polar surface area (TPSA) is 138 Å². The highest BCUT2D eigenvalue weighted by Crippen LogP contribution is 1.78. The zero-order chi connectivity index (χ0) is 21.9. The van der Waals surface area contributed by atoms with Crippen LogP contribution in [-0.4, -0.2) is 46.0 Å². The molecule has 0 amide bonds. The van der Waals surface area contributed by atoms with Gasteiger partial charge in [-0.25, -0.2) is 24.2 Å². The van der Waals surface area contributed by atoms with E-state index in [2.05, 4.69) is 54.4 Å². The summed E-state index contributed by atoms with van der Waals surface area (Å²) in [7, 11) is 2.60. The Labute approximate surface area is 172 Å². The van der Waals surface area contributed by atoms with Gasteiger partial charge in [0.1, 0.15) is 5.82 Å². The summed E-state index contributed by atoms with van der Waals surface area (Å²) in [6, 6.07) is 1.31. The number of aliphatic imine (C=N–C) groups is 1. The number of nitrogens with two attached hydrogens (primary N) is 1. The minimum Gasteiger partial charge on any atom is -0.466 e. The lowest BCUT2D eigenvalue weighted by Gasteiger charge is -1.97. The minimum absolute atomic E-state index is 0.234. The van der Waals surface area contributed by atoms with Gasteiger partial charge in [0.2, 0.25) is 0 Å². The van der Waals surface area contributed by atoms with E-state index in [1.807, 2.05) is 0 Å². The quantitative estimate of drug-likeness (QED) is 0.231. The van der Waals surface area contributed by atoms with Gasteiger partial charge in [-0.15, -0.1) is 0 Å². The molecule has 12 heteroatoms. The first kappa shape index (κ1) is 27.0. The Balaban J connectivity index is 0. The third-order valence-corrected chi connectivity index (χ3v) is 2.53. The van der Waals surface area contributed by atoms with Crippen molar-refractivity contribution >= 4 is 46.5 Å². The average Bonchev–Trinajstić information content (AvgIpc) is 2.66. The molecule has 152 valence electrons. The first-order valence-corrected chi connectivity index (χ1v) is 8.14. The summed E-state index contributed by atoms with van der Waals surface area (Å²) < 4.78 is 9.57. The minimum atomic E-state index is -0.455. The van der Waals surface area contributed by atoms with Crippen molar-refractivity contribution in [3.63, 3.8) is 0 Å². The van der Waals surface area contributed by atoms with Crippen molar-refractivity contribution < 1.29 is 19.1 Å². The number of rotatable bonds is 4. The molecule has 0 atom stereocenters. The van der Waals surface area contributed by atoms with Gasteiger partial charge in [0.15, 0.2) is 0 Å². The Morgan fingerprint density at radius 1 is 1.32 bits per heavy atom. The van der Waals surface area contributed by atoms with E-state index < -0.39 is 11.9 Å². The van der Waals surface area contributed by atoms with Gasteiger partial charge in [0.25, 0.3) is 5.56 Å². The first-order valence-electron chi connectivity index (χ1n) is 7.32. The standard InChI is InChI=1S/C6H9NO2S.C5H7N3O.C5H5NO2S/c1-5(10)7-4-3-6(8)9-2;1-4-7-3-2-5(9)8(4)6;1-8-5(7)2-3-6-4-9/h3-4H,1-2H3,(H,7,10);2-3H,6H2,1H3;2-3H,1H3/b4-3-;;3-2-. The van der Waals surface area contributed by atoms with Crippen LogP contribution >= 0.6 is 24.4 Å². The lowest BCUT2D eigenvalue weighted by atomic mass is 10.6. The van der Waals surface area contributed by atoms with Gasteiger partial charge in [-0.1, -0.05) is 12.2 Å². The van der Waals surface area contributed by atoms with E-state index in [4.69, 9.17) is 5.84 Å². The van der Waals surface area contributed by atoms with E-state index in [0.717, 1.165) is 10.8 Å². The third kappa shape index (κ3) is 16.3. The Hall–Kier alpha value is -3.21. The van der Waals surface area contributed by atoms with Crippen LogP contribution in [0.3, 0.4) is 0 Å². The van der Waals surface area contributed by atoms with Crippen LogP contribution in [0.5, 0.6) is 0 Å². The number of methoxy groups -OCH3 is 2. The maximum atomic E-state index is 10.6. The molecule has 0 aliphatic heterocycles. The predicted molar refractivity (Wildman–Crippen MR) is 112 cm³/mol. The average molecular weight is 428 g/mol. The summed E-state index contributed by atoms with van der Waals surface area (Å²) in [5.74, 6) is 4.89. The monoisotopic (exact) mass is 427 g/mol. The van der Waals surface area contributed by atoms with Gasteiger partial charge in [-0.3, -0.25) is 4.79 Å². The summed E-state index contributed by atoms with van der Waals surface area (Å²) in [4.78, 5) is 39.0. The van der Waals surface area contributed by atoms with Crippen LogP contribution in [0.2, 0.25) is 0 Å². The van der Waals surface area contributed by atoms with E-state index >= 15 is 0 Å². The van der Waals surface area contributed by atoms with E-state index in [9.17, 15) is 14.4 Å². The molecule has 0 fully saturated rings. The number of nitrogens with zero attached hydrogens (tertiary/aromatic N) is 3. The maximum absolute atomic E-state index is 10.6. The van der Waals surface area contributed by atoms with Crippen LogP contribution < -0.4 is 16.7 Å². The fraction of sp³-hybridized carbons (Fsp3) is 0.250. The van der Waals surface area contributed by atoms with Crippen molar-refractivity contribution in [3.8, 4) is 0 Å². The second-order valence-electron chi connectivity index (χ2n) is 4.32. The molecule has 10 nitrogen and oxygen atoms in total. The highest BCUT2D eigenvalue weighted by atomic mass is 32.1. The largest absolute Gasteiger partial charge is 0.466 e. The summed E-state index contributed by atoms with van der Waals surface area (Å²) in [5.41, 5.74) is -0.234. The van der Waals surface area contributed by atoms with Crippen molar-refractivity contribution in [2.24, 2.45) is 4.99 Å². The van der Waals surface area contributed by atoms with Crippen LogP contribution in [0.15, 0.2) is 46.6 Å². The van der Waals surface area contributed by atoms with Gasteiger partial charge in [-0.2, -0.15) is 0 Å². The molecule has 1 heterocycles. The van der Waals surface area contributed by atoms with Crippen molar-refractivity contribution in [2.45, 2.75) is 13.8 Å². The van der Waals surface area contributed by atoms with E-state index in [1.165, 1.54) is 45.0 Å². The number of nitrogen functional groups attached to an aromatic ring is 1. The molecule has 0 spiro atoms. The van der Waals surface area contributed by atoms with E-state index in [1.54, 1.807) is 13.8 Å². The number of carbonyl (C=O) groups excluding carboxylic acids is 2. The van der Waals surface area contributed by atoms with Gasteiger partial charge in [0, 0.05) is 36.8 Å². The fourth-order valence-corrected chi connectivity index (χ4v) is 1.13. The molecule has 1 aromatic rings. The highest BCUT2D eigenvalue weighted by Gasteiger charge is 1.91. The van der Waals surface area contributed by atoms with Crippen LogP contribution in [0.1, 0.15) is 12.7 Å². The molecule has 0 saturated heterocycles. The molecule has 3 N–H and O–H groups in total. The number of aromatic nitrogens is 2. The molecule has 0 unspecified atom stereocenters. The summed E-state index contributed by atoms with van der Waals surface area (Å²) in [6.07, 6.45) is 6.50. The maximum Gasteiger partial charge on any atom is 0.332 e. The van der Waals surface area contributed by atoms with Gasteiger partial charge in [-0.05, 0) is 26.1 Å². The van der Waals surface area contributed by atoms with Crippen molar-refractivity contribution in [1.82, 2.24) is 15.0 Å². The lowest BCUT2D eigenvalue weighted by molar-refractivity contribution is -0.135. The van der Waals surface area contributed by atoms with Gasteiger partial charge >= 0.3 is 11.9 Å². The van der Waals surface area contributed by atoms with Crippen LogP contribution in [0, 0.1) is 6.92 Å². The van der Waals surface area contributed by atoms with Gasteiger partial charge in [0.05, 0.1) is 24.4 Å². The fourth-order valence-electron chi connectivity index (χ4n) is 1.00. The molecule has 28 heavy (non-hydrogen) atoms. The molecule has 0 bridgehead atoms. The molecular formula is C16H21N5O5S2. The Morgan fingerprint density at radius 2 is 1.89 bits per heavy atom. The Bertz CT molecular complexity index is 814. The molecule has 0 saturated carbocycles. The zero-order valence-corrected chi connectivity index (χ0v) is 17.4. The molecule has 1 rings (SSSR count). The number of thiocarbonyl (C=S) groups is 2. The number of carbonyl (C=O) groups is 2. The van der Waals surface area contributed by atoms with Crippen LogP contribution in [-0.2, 0) is 19.1 Å². The smallest absolute Gasteiger partial charge is 0.332 e. The number of hydrogen-bond donors (Lipinski definition) is 2. The van der Waals surface area contributed by atoms with Gasteiger partial charge < -0.3 is 20.6 Å². The number of ether oxygens (including phenoxy) is 2. The van der Waals surface area contributed by atoms with Crippen LogP contribution in [0.25, 0.3) is 0 Å². The third-order valence-electron chi connectivity index (χ3n) is 2.31. The predicted octanol–water partition coefficient (Wildman–Crippen LogP) is 0.651.